The molecule has 1 saturated heterocycles. The van der Waals surface area contributed by atoms with Crippen LogP contribution in [0.5, 0.6) is 0 Å². The molecule has 1 aliphatic heterocycles. The van der Waals surface area contributed by atoms with E-state index in [1.807, 2.05) is 29.2 Å². The third-order valence-corrected chi connectivity index (χ3v) is 3.65. The number of nitrogens with zero attached hydrogens (tertiary/aromatic N) is 4. The number of rotatable bonds is 3. The number of aromatic nitrogens is 4. The number of benzene rings is 1. The first-order chi connectivity index (χ1) is 10.1. The molecule has 1 unspecified atom stereocenters. The second-order valence-corrected chi connectivity index (χ2v) is 5.07. The summed E-state index contributed by atoms with van der Waals surface area (Å²) < 4.78 is 1.91. The average molecular weight is 305 g/mol. The number of aliphatic carboxylic acids is 1. The van der Waals surface area contributed by atoms with Crippen molar-refractivity contribution in [1.29, 1.82) is 0 Å². The molecule has 0 bridgehead atoms. The third-order valence-electron chi connectivity index (χ3n) is 3.38. The van der Waals surface area contributed by atoms with Gasteiger partial charge in [0.15, 0.2) is 0 Å². The molecule has 1 aliphatic rings. The molecule has 1 fully saturated rings. The van der Waals surface area contributed by atoms with Gasteiger partial charge in [0.25, 0.3) is 0 Å². The lowest BCUT2D eigenvalue weighted by molar-refractivity contribution is -0.308. The van der Waals surface area contributed by atoms with Gasteiger partial charge in [0.2, 0.25) is 4.77 Å². The minimum atomic E-state index is -1.09. The van der Waals surface area contributed by atoms with Gasteiger partial charge in [-0.1, -0.05) is 16.4 Å². The lowest BCUT2D eigenvalue weighted by Crippen LogP contribution is -2.58. The summed E-state index contributed by atoms with van der Waals surface area (Å²) >= 11 is 5.07. The summed E-state index contributed by atoms with van der Waals surface area (Å²) in [5, 5.41) is 24.0. The molecule has 9 heteroatoms. The number of piperazine rings is 1. The number of carbonyl (C=O) groups excluding carboxylic acids is 1. The van der Waals surface area contributed by atoms with Gasteiger partial charge in [-0.25, -0.2) is 4.68 Å². The molecule has 3 rings (SSSR count). The number of aromatic amines is 1. The van der Waals surface area contributed by atoms with E-state index >= 15 is 0 Å². The van der Waals surface area contributed by atoms with Crippen molar-refractivity contribution in [2.45, 2.75) is 6.04 Å². The Balaban J connectivity index is 1.88. The van der Waals surface area contributed by atoms with E-state index in [0.717, 1.165) is 17.9 Å². The number of carboxylic acids is 1. The summed E-state index contributed by atoms with van der Waals surface area (Å²) in [5.41, 5.74) is 1.71. The average Bonchev–Trinajstić information content (AvgIpc) is 2.94. The van der Waals surface area contributed by atoms with Gasteiger partial charge in [-0.2, -0.15) is 5.21 Å². The molecule has 0 spiro atoms. The summed E-state index contributed by atoms with van der Waals surface area (Å²) in [6.45, 7) is 1.67. The highest BCUT2D eigenvalue weighted by atomic mass is 32.1. The van der Waals surface area contributed by atoms with E-state index in [1.54, 1.807) is 4.68 Å². The van der Waals surface area contributed by atoms with Crippen molar-refractivity contribution in [3.05, 3.63) is 29.0 Å². The molecule has 2 N–H and O–H groups in total. The number of hydrogen-bond donors (Lipinski definition) is 2. The molecule has 110 valence electrons. The number of anilines is 1. The summed E-state index contributed by atoms with van der Waals surface area (Å²) in [6.07, 6.45) is 0. The van der Waals surface area contributed by atoms with E-state index in [-0.39, 0.29) is 0 Å². The molecule has 21 heavy (non-hydrogen) atoms. The van der Waals surface area contributed by atoms with Gasteiger partial charge in [0, 0.05) is 25.3 Å². The Kier molecular flexibility index (Phi) is 3.67. The maximum Gasteiger partial charge on any atom is 0.242 e. The quantitative estimate of drug-likeness (QED) is 0.691. The van der Waals surface area contributed by atoms with Gasteiger partial charge in [0.1, 0.15) is 0 Å². The van der Waals surface area contributed by atoms with E-state index in [9.17, 15) is 9.90 Å². The fraction of sp³-hybridized carbons (Fsp3) is 0.333. The fourth-order valence-electron chi connectivity index (χ4n) is 2.34. The van der Waals surface area contributed by atoms with Crippen molar-refractivity contribution in [3.63, 3.8) is 0 Å². The van der Waals surface area contributed by atoms with Crippen molar-refractivity contribution < 1.29 is 9.90 Å². The Bertz CT molecular complexity index is 712. The van der Waals surface area contributed by atoms with Gasteiger partial charge < -0.3 is 20.1 Å². The number of carbonyl (C=O) groups is 1. The normalized spacial score (nSPS) is 18.7. The first kappa shape index (κ1) is 13.7. The highest BCUT2D eigenvalue weighted by Gasteiger charge is 2.20. The van der Waals surface area contributed by atoms with Crippen LogP contribution in [0.25, 0.3) is 5.69 Å². The molecule has 0 amide bonds. The van der Waals surface area contributed by atoms with Crippen molar-refractivity contribution in [1.82, 2.24) is 25.5 Å². The SMILES string of the molecule is O=C([O-])C1CN(c2cccc(-n3[nH]nnc3=S)c2)CCN1. The molecule has 0 radical (unpaired) electrons. The Morgan fingerprint density at radius 2 is 2.24 bits per heavy atom. The molecule has 1 aromatic carbocycles. The monoisotopic (exact) mass is 305 g/mol. The zero-order valence-electron chi connectivity index (χ0n) is 11.0. The summed E-state index contributed by atoms with van der Waals surface area (Å²) in [6, 6.07) is 6.92. The maximum atomic E-state index is 11.0. The molecule has 0 saturated carbocycles. The predicted molar refractivity (Wildman–Crippen MR) is 75.6 cm³/mol. The van der Waals surface area contributed by atoms with Crippen LogP contribution >= 0.6 is 12.2 Å². The number of nitrogens with one attached hydrogen (secondary N) is 2. The Morgan fingerprint density at radius 3 is 2.95 bits per heavy atom. The van der Waals surface area contributed by atoms with Crippen molar-refractivity contribution in [3.8, 4) is 5.69 Å². The molecule has 2 heterocycles. The lowest BCUT2D eigenvalue weighted by Gasteiger charge is -2.35. The minimum absolute atomic E-state index is 0.333. The fourth-order valence-corrected chi connectivity index (χ4v) is 2.52. The van der Waals surface area contributed by atoms with Crippen molar-refractivity contribution in [2.24, 2.45) is 0 Å². The van der Waals surface area contributed by atoms with E-state index in [0.29, 0.717) is 17.9 Å². The number of H-pyrrole nitrogens is 1. The predicted octanol–water partition coefficient (Wildman–Crippen LogP) is -1.15. The van der Waals surface area contributed by atoms with E-state index in [1.165, 1.54) is 0 Å². The van der Waals surface area contributed by atoms with Crippen molar-refractivity contribution in [2.75, 3.05) is 24.5 Å². The Morgan fingerprint density at radius 1 is 1.43 bits per heavy atom. The van der Waals surface area contributed by atoms with Crippen molar-refractivity contribution >= 4 is 23.9 Å². The topological polar surface area (TPSA) is 102 Å². The second-order valence-electron chi connectivity index (χ2n) is 4.71. The van der Waals surface area contributed by atoms with E-state index in [2.05, 4.69) is 20.8 Å². The Labute approximate surface area is 125 Å². The molecule has 8 nitrogen and oxygen atoms in total. The van der Waals surface area contributed by atoms with Crippen LogP contribution in [0.4, 0.5) is 5.69 Å². The highest BCUT2D eigenvalue weighted by Crippen LogP contribution is 2.19. The van der Waals surface area contributed by atoms with Crippen LogP contribution in [0.15, 0.2) is 24.3 Å². The largest absolute Gasteiger partial charge is 0.548 e. The maximum absolute atomic E-state index is 11.0. The highest BCUT2D eigenvalue weighted by molar-refractivity contribution is 7.71. The van der Waals surface area contributed by atoms with Gasteiger partial charge in [-0.15, -0.1) is 0 Å². The van der Waals surface area contributed by atoms with Crippen LogP contribution in [-0.2, 0) is 4.79 Å². The number of carboxylic acid groups (broad SMARTS) is 1. The third kappa shape index (κ3) is 2.78. The summed E-state index contributed by atoms with van der Waals surface area (Å²) in [7, 11) is 0. The molecule has 2 aromatic rings. The van der Waals surface area contributed by atoms with Crippen LogP contribution < -0.4 is 15.3 Å². The Hall–Kier alpha value is -2.26. The zero-order chi connectivity index (χ0) is 14.8. The lowest BCUT2D eigenvalue weighted by atomic mass is 10.1. The minimum Gasteiger partial charge on any atom is -0.548 e. The number of tetrazole rings is 1. The summed E-state index contributed by atoms with van der Waals surface area (Å²) in [5.74, 6) is -1.09. The van der Waals surface area contributed by atoms with Gasteiger partial charge in [-0.3, -0.25) is 0 Å². The molecule has 1 aromatic heterocycles. The molecular weight excluding hydrogens is 292 g/mol. The van der Waals surface area contributed by atoms with E-state index < -0.39 is 12.0 Å². The van der Waals surface area contributed by atoms with Gasteiger partial charge in [-0.05, 0) is 30.4 Å². The van der Waals surface area contributed by atoms with Crippen LogP contribution in [0.1, 0.15) is 0 Å². The summed E-state index contributed by atoms with van der Waals surface area (Å²) in [4.78, 5) is 13.0. The van der Waals surface area contributed by atoms with Gasteiger partial charge >= 0.3 is 0 Å². The first-order valence-corrected chi connectivity index (χ1v) is 6.86. The van der Waals surface area contributed by atoms with E-state index in [4.69, 9.17) is 12.2 Å². The standard InChI is InChI=1S/C12H14N6O2S/c19-11(20)10-7-17(5-4-13-10)8-2-1-3-9(6-8)18-12(21)14-15-16-18/h1-3,6,10,13H,4-5,7H2,(H,19,20)(H,14,16,21)/p-1. The van der Waals surface area contributed by atoms with Gasteiger partial charge in [0.05, 0.1) is 17.7 Å². The van der Waals surface area contributed by atoms with Crippen LogP contribution in [0.3, 0.4) is 0 Å². The van der Waals surface area contributed by atoms with Crippen LogP contribution in [0.2, 0.25) is 0 Å². The smallest absolute Gasteiger partial charge is 0.242 e. The first-order valence-electron chi connectivity index (χ1n) is 6.45. The van der Waals surface area contributed by atoms with Crippen LogP contribution in [-0.4, -0.2) is 51.9 Å². The molecule has 1 atom stereocenters. The molecule has 0 aliphatic carbocycles. The molecular formula is C12H13N6O2S-. The zero-order valence-corrected chi connectivity index (χ0v) is 11.8. The second kappa shape index (κ2) is 5.62. The number of hydrogen-bond acceptors (Lipinski definition) is 7. The van der Waals surface area contributed by atoms with Crippen LogP contribution in [0, 0.1) is 4.77 Å².